The van der Waals surface area contributed by atoms with Gasteiger partial charge in [-0.1, -0.05) is 6.92 Å². The highest BCUT2D eigenvalue weighted by Crippen LogP contribution is 2.21. The highest BCUT2D eigenvalue weighted by Gasteiger charge is 2.24. The van der Waals surface area contributed by atoms with E-state index in [-0.39, 0.29) is 5.60 Å². The minimum absolute atomic E-state index is 0.100. The van der Waals surface area contributed by atoms with Crippen molar-refractivity contribution in [3.05, 3.63) is 0 Å². The number of hydrogen-bond acceptors (Lipinski definition) is 3. The Balaban J connectivity index is 2.23. The molecule has 1 fully saturated rings. The first kappa shape index (κ1) is 14.9. The Bertz CT molecular complexity index is 205. The fourth-order valence-corrected chi connectivity index (χ4v) is 2.36. The Morgan fingerprint density at radius 1 is 1.29 bits per heavy atom. The summed E-state index contributed by atoms with van der Waals surface area (Å²) in [5.74, 6) is 0.755. The van der Waals surface area contributed by atoms with Gasteiger partial charge in [0.2, 0.25) is 0 Å². The lowest BCUT2D eigenvalue weighted by molar-refractivity contribution is -0.0963. The maximum absolute atomic E-state index is 5.66. The quantitative estimate of drug-likeness (QED) is 0.750. The van der Waals surface area contributed by atoms with Gasteiger partial charge in [-0.3, -0.25) is 4.84 Å². The predicted molar refractivity (Wildman–Crippen MR) is 72.9 cm³/mol. The van der Waals surface area contributed by atoms with Crippen molar-refractivity contribution in [2.24, 2.45) is 5.92 Å². The van der Waals surface area contributed by atoms with Crippen LogP contribution in [0.3, 0.4) is 0 Å². The summed E-state index contributed by atoms with van der Waals surface area (Å²) in [6.45, 7) is 14.5. The van der Waals surface area contributed by atoms with E-state index in [1.165, 1.54) is 38.9 Å². The number of rotatable bonds is 5. The number of piperidine rings is 1. The summed E-state index contributed by atoms with van der Waals surface area (Å²) in [6, 6.07) is 0.456. The predicted octanol–water partition coefficient (Wildman–Crippen LogP) is 2.82. The summed E-state index contributed by atoms with van der Waals surface area (Å²) in [5, 5.41) is 0. The minimum Gasteiger partial charge on any atom is -0.303 e. The number of nitrogens with zero attached hydrogens (tertiary/aromatic N) is 1. The molecular weight excluding hydrogens is 212 g/mol. The average Bonchev–Trinajstić information content (AvgIpc) is 2.26. The molecule has 0 amide bonds. The highest BCUT2D eigenvalue weighted by atomic mass is 16.7. The molecule has 1 saturated heterocycles. The molecule has 1 aliphatic rings. The van der Waals surface area contributed by atoms with E-state index in [1.54, 1.807) is 0 Å². The maximum Gasteiger partial charge on any atom is 0.0813 e. The first-order chi connectivity index (χ1) is 7.92. The van der Waals surface area contributed by atoms with Gasteiger partial charge in [-0.2, -0.15) is 5.48 Å². The highest BCUT2D eigenvalue weighted by molar-refractivity contribution is 4.78. The summed E-state index contributed by atoms with van der Waals surface area (Å²) in [7, 11) is 0. The lowest BCUT2D eigenvalue weighted by Crippen LogP contribution is -2.44. The zero-order valence-electron chi connectivity index (χ0n) is 12.3. The third kappa shape index (κ3) is 5.84. The van der Waals surface area contributed by atoms with Crippen LogP contribution in [-0.4, -0.2) is 36.2 Å². The molecule has 3 heteroatoms. The van der Waals surface area contributed by atoms with Crippen LogP contribution in [0.25, 0.3) is 0 Å². The van der Waals surface area contributed by atoms with Crippen LogP contribution in [0.5, 0.6) is 0 Å². The van der Waals surface area contributed by atoms with E-state index in [4.69, 9.17) is 4.84 Å². The molecule has 0 saturated carbocycles. The smallest absolute Gasteiger partial charge is 0.0813 e. The van der Waals surface area contributed by atoms with Gasteiger partial charge in [0.05, 0.1) is 5.60 Å². The number of hydroxylamine groups is 1. The third-order valence-electron chi connectivity index (χ3n) is 3.43. The van der Waals surface area contributed by atoms with Crippen LogP contribution < -0.4 is 5.48 Å². The Morgan fingerprint density at radius 2 is 1.88 bits per heavy atom. The molecular formula is C14H30N2O. The molecule has 102 valence electrons. The van der Waals surface area contributed by atoms with Crippen LogP contribution in [-0.2, 0) is 4.84 Å². The van der Waals surface area contributed by atoms with Crippen molar-refractivity contribution in [2.45, 2.75) is 65.5 Å². The summed E-state index contributed by atoms with van der Waals surface area (Å²) in [6.07, 6.45) is 3.86. The molecule has 3 nitrogen and oxygen atoms in total. The van der Waals surface area contributed by atoms with Gasteiger partial charge in [0.25, 0.3) is 0 Å². The summed E-state index contributed by atoms with van der Waals surface area (Å²) in [4.78, 5) is 8.23. The van der Waals surface area contributed by atoms with Gasteiger partial charge < -0.3 is 4.90 Å². The second-order valence-corrected chi connectivity index (χ2v) is 6.30. The van der Waals surface area contributed by atoms with Crippen molar-refractivity contribution in [3.8, 4) is 0 Å². The normalized spacial score (nSPS) is 21.7. The molecule has 1 N–H and O–H groups in total. The van der Waals surface area contributed by atoms with Crippen molar-refractivity contribution < 1.29 is 4.84 Å². The summed E-state index contributed by atoms with van der Waals surface area (Å²) >= 11 is 0. The van der Waals surface area contributed by atoms with Crippen molar-refractivity contribution in [3.63, 3.8) is 0 Å². The zero-order chi connectivity index (χ0) is 12.9. The molecule has 17 heavy (non-hydrogen) atoms. The largest absolute Gasteiger partial charge is 0.303 e. The SMILES string of the molecule is CCCN1CCC(C(C)NOC(C)(C)C)CC1. The molecule has 0 radical (unpaired) electrons. The van der Waals surface area contributed by atoms with Gasteiger partial charge in [0.15, 0.2) is 0 Å². The maximum atomic E-state index is 5.66. The van der Waals surface area contributed by atoms with E-state index in [0.29, 0.717) is 6.04 Å². The fourth-order valence-electron chi connectivity index (χ4n) is 2.36. The van der Waals surface area contributed by atoms with E-state index in [0.717, 1.165) is 5.92 Å². The van der Waals surface area contributed by atoms with Crippen LogP contribution in [0, 0.1) is 5.92 Å². The van der Waals surface area contributed by atoms with E-state index >= 15 is 0 Å². The molecule has 1 aliphatic heterocycles. The molecule has 1 atom stereocenters. The molecule has 0 aromatic carbocycles. The molecule has 1 unspecified atom stereocenters. The summed E-state index contributed by atoms with van der Waals surface area (Å²) in [5.41, 5.74) is 3.12. The third-order valence-corrected chi connectivity index (χ3v) is 3.43. The number of likely N-dealkylation sites (tertiary alicyclic amines) is 1. The van der Waals surface area contributed by atoms with Crippen molar-refractivity contribution in [1.29, 1.82) is 0 Å². The van der Waals surface area contributed by atoms with Crippen LogP contribution in [0.2, 0.25) is 0 Å². The standard InChI is InChI=1S/C14H30N2O/c1-6-9-16-10-7-13(8-11-16)12(2)15-17-14(3,4)5/h12-13,15H,6-11H2,1-5H3. The second kappa shape index (κ2) is 6.72. The first-order valence-electron chi connectivity index (χ1n) is 7.08. The van der Waals surface area contributed by atoms with E-state index in [2.05, 4.69) is 45.0 Å². The minimum atomic E-state index is -0.100. The Labute approximate surface area is 107 Å². The molecule has 0 spiro atoms. The topological polar surface area (TPSA) is 24.5 Å². The van der Waals surface area contributed by atoms with Gasteiger partial charge in [0.1, 0.15) is 0 Å². The van der Waals surface area contributed by atoms with Gasteiger partial charge in [-0.15, -0.1) is 0 Å². The van der Waals surface area contributed by atoms with Crippen LogP contribution in [0.1, 0.15) is 53.9 Å². The second-order valence-electron chi connectivity index (χ2n) is 6.30. The Hall–Kier alpha value is -0.120. The van der Waals surface area contributed by atoms with Crippen LogP contribution in [0.4, 0.5) is 0 Å². The summed E-state index contributed by atoms with van der Waals surface area (Å²) < 4.78 is 0. The Kier molecular flexibility index (Phi) is 5.90. The van der Waals surface area contributed by atoms with Crippen LogP contribution in [0.15, 0.2) is 0 Å². The van der Waals surface area contributed by atoms with Gasteiger partial charge in [-0.25, -0.2) is 0 Å². The molecule has 0 bridgehead atoms. The molecule has 0 aliphatic carbocycles. The monoisotopic (exact) mass is 242 g/mol. The molecule has 1 heterocycles. The van der Waals surface area contributed by atoms with Gasteiger partial charge in [-0.05, 0) is 72.5 Å². The lowest BCUT2D eigenvalue weighted by Gasteiger charge is -2.35. The molecule has 0 aromatic heterocycles. The van der Waals surface area contributed by atoms with E-state index in [1.807, 2.05) is 0 Å². The fraction of sp³-hybridized carbons (Fsp3) is 1.00. The van der Waals surface area contributed by atoms with E-state index in [9.17, 15) is 0 Å². The zero-order valence-corrected chi connectivity index (χ0v) is 12.3. The lowest BCUT2D eigenvalue weighted by atomic mass is 9.91. The average molecular weight is 242 g/mol. The van der Waals surface area contributed by atoms with Gasteiger partial charge >= 0.3 is 0 Å². The van der Waals surface area contributed by atoms with E-state index < -0.39 is 0 Å². The Morgan fingerprint density at radius 3 is 2.35 bits per heavy atom. The molecule has 1 rings (SSSR count). The van der Waals surface area contributed by atoms with Crippen molar-refractivity contribution in [2.75, 3.05) is 19.6 Å². The van der Waals surface area contributed by atoms with Gasteiger partial charge in [0, 0.05) is 6.04 Å². The number of nitrogens with one attached hydrogen (secondary N) is 1. The molecule has 0 aromatic rings. The first-order valence-corrected chi connectivity index (χ1v) is 7.08. The van der Waals surface area contributed by atoms with Crippen LogP contribution >= 0.6 is 0 Å². The van der Waals surface area contributed by atoms with Crippen molar-refractivity contribution in [1.82, 2.24) is 10.4 Å². The van der Waals surface area contributed by atoms with Crippen molar-refractivity contribution >= 4 is 0 Å². The number of hydrogen-bond donors (Lipinski definition) is 1.